The molecule has 596 valence electrons. The third-order valence-electron chi connectivity index (χ3n) is 26.0. The largest absolute Gasteiger partial charge is 0.456 e. The van der Waals surface area contributed by atoms with Gasteiger partial charge in [0.15, 0.2) is 34.9 Å². The average Bonchev–Trinajstić information content (AvgIpc) is 1.47. The first kappa shape index (κ1) is 73.6. The van der Waals surface area contributed by atoms with Crippen molar-refractivity contribution in [3.05, 3.63) is 481 Å². The molecule has 2 aliphatic heterocycles. The molecule has 2 aliphatic carbocycles. The molecule has 0 fully saturated rings. The molecule has 10 heteroatoms. The molecule has 0 unspecified atom stereocenters. The van der Waals surface area contributed by atoms with Gasteiger partial charge in [-0.25, -0.2) is 39.9 Å². The van der Waals surface area contributed by atoms with Crippen molar-refractivity contribution in [3.63, 3.8) is 0 Å². The molecule has 10 nitrogen and oxygen atoms in total. The van der Waals surface area contributed by atoms with E-state index >= 15 is 0 Å². The van der Waals surface area contributed by atoms with Gasteiger partial charge < -0.3 is 9.47 Å². The maximum absolute atomic E-state index is 7.23. The molecule has 18 aromatic carbocycles. The Morgan fingerprint density at radius 3 is 0.820 bits per heavy atom. The van der Waals surface area contributed by atoms with Crippen LogP contribution in [0.25, 0.3) is 179 Å². The first-order valence-corrected chi connectivity index (χ1v) is 43.3. The van der Waals surface area contributed by atoms with Crippen LogP contribution in [-0.2, 0) is 10.8 Å². The standard InChI is InChI=1S/2C59H36N4O/c1-4-17-37(18-5-1)40-23-16-24-41(35-40)57-61-56(39-21-8-3-9-22-39)62-58(63-57)42-31-32-45-51(36-42)60-54(38-19-6-2-7-20-38)46-33-34-50-55(53(45)46)64-52-30-15-14-29-49(52)59(50)47-27-12-10-25-43(47)44-26-11-13-28-48(44)59;1-4-16-38(17-5-1)54-46-34-35-50-55(64-52-27-15-14-26-49(52)59(50)47-24-12-10-22-43(47)44-23-11-13-25-48(44)59)53(46)45-33-32-42(36-51(45)60-54)37-28-30-41(31-29-37)58-62-56(39-18-6-2-7-19-39)61-57(63-58)40-20-8-3-9-21-40/h2*1-36H. The second-order valence-corrected chi connectivity index (χ2v) is 33.0. The summed E-state index contributed by atoms with van der Waals surface area (Å²) in [4.78, 5) is 41.2. The van der Waals surface area contributed by atoms with Crippen LogP contribution in [0.2, 0.25) is 0 Å². The molecular formula is C118H72N8O2. The lowest BCUT2D eigenvalue weighted by Crippen LogP contribution is -2.32. The molecule has 6 heterocycles. The highest BCUT2D eigenvalue weighted by atomic mass is 16.5. The Kier molecular flexibility index (Phi) is 17.2. The van der Waals surface area contributed by atoms with E-state index in [1.165, 1.54) is 44.5 Å². The molecular weight excluding hydrogens is 1560 g/mol. The summed E-state index contributed by atoms with van der Waals surface area (Å²) in [6.45, 7) is 0. The topological polar surface area (TPSA) is 122 Å². The number of ether oxygens (including phenoxy) is 2. The summed E-state index contributed by atoms with van der Waals surface area (Å²) >= 11 is 0. The molecule has 0 radical (unpaired) electrons. The fourth-order valence-corrected chi connectivity index (χ4v) is 20.3. The van der Waals surface area contributed by atoms with Gasteiger partial charge in [-0.05, 0) is 97.1 Å². The molecule has 0 amide bonds. The number of fused-ring (bicyclic) bond motifs is 26. The maximum Gasteiger partial charge on any atom is 0.164 e. The summed E-state index contributed by atoms with van der Waals surface area (Å²) in [6, 6.07) is 153. The number of nitrogens with zero attached hydrogens (tertiary/aromatic N) is 8. The van der Waals surface area contributed by atoms with Crippen LogP contribution >= 0.6 is 0 Å². The lowest BCUT2D eigenvalue weighted by molar-refractivity contribution is 0.442. The van der Waals surface area contributed by atoms with Crippen molar-refractivity contribution in [2.75, 3.05) is 0 Å². The van der Waals surface area contributed by atoms with Crippen molar-refractivity contribution < 1.29 is 9.47 Å². The summed E-state index contributed by atoms with van der Waals surface area (Å²) in [7, 11) is 0. The minimum Gasteiger partial charge on any atom is -0.456 e. The van der Waals surface area contributed by atoms with Crippen molar-refractivity contribution >= 4 is 43.4 Å². The zero-order valence-electron chi connectivity index (χ0n) is 69.0. The monoisotopic (exact) mass is 1630 g/mol. The zero-order valence-corrected chi connectivity index (χ0v) is 69.0. The molecule has 0 saturated heterocycles. The van der Waals surface area contributed by atoms with E-state index in [1.54, 1.807) is 0 Å². The summed E-state index contributed by atoms with van der Waals surface area (Å²) in [5.41, 5.74) is 28.8. The minimum atomic E-state index is -0.596. The SMILES string of the molecule is c1ccc(-c2cccc(-c3nc(-c4ccccc4)nc(-c4ccc5c(c4)nc(-c4ccccc4)c4ccc6c(c45)Oc4ccccc4C64c5ccccc5-c5ccccc54)n3)c2)cc1.c1ccc(-c2nc(-c3ccccc3)nc(-c3ccc(-c4ccc5c(c4)nc(-c4ccccc4)c4ccc6c(c45)Oc4ccccc4C64c5ccccc5-c5ccccc54)cc3)n2)cc1. The highest BCUT2D eigenvalue weighted by Gasteiger charge is 2.53. The van der Waals surface area contributed by atoms with E-state index in [1.807, 2.05) is 103 Å². The van der Waals surface area contributed by atoms with E-state index in [0.717, 1.165) is 167 Å². The van der Waals surface area contributed by atoms with Gasteiger partial charge in [0.25, 0.3) is 0 Å². The fourth-order valence-electron chi connectivity index (χ4n) is 20.3. The summed E-state index contributed by atoms with van der Waals surface area (Å²) in [5.74, 6) is 7.08. The van der Waals surface area contributed by atoms with Crippen molar-refractivity contribution in [1.82, 2.24) is 39.9 Å². The molecule has 2 spiro atoms. The third-order valence-corrected chi connectivity index (χ3v) is 26.0. The number of rotatable bonds is 10. The minimum absolute atomic E-state index is 0.567. The van der Waals surface area contributed by atoms with Gasteiger partial charge in [-0.1, -0.05) is 406 Å². The Morgan fingerprint density at radius 2 is 0.422 bits per heavy atom. The van der Waals surface area contributed by atoms with Crippen molar-refractivity contribution in [2.24, 2.45) is 0 Å². The molecule has 26 rings (SSSR count). The zero-order chi connectivity index (χ0) is 84.4. The van der Waals surface area contributed by atoms with E-state index in [9.17, 15) is 0 Å². The second-order valence-electron chi connectivity index (χ2n) is 33.0. The number of benzene rings is 18. The number of para-hydroxylation sites is 2. The molecule has 4 aliphatic rings. The summed E-state index contributed by atoms with van der Waals surface area (Å²) in [5, 5.41) is 6.16. The Labute approximate surface area is 738 Å². The van der Waals surface area contributed by atoms with Crippen molar-refractivity contribution in [3.8, 4) is 158 Å². The van der Waals surface area contributed by atoms with E-state index in [-0.39, 0.29) is 0 Å². The highest BCUT2D eigenvalue weighted by molar-refractivity contribution is 6.17. The van der Waals surface area contributed by atoms with Gasteiger partial charge in [-0.15, -0.1) is 0 Å². The number of aromatic nitrogens is 8. The molecule has 0 atom stereocenters. The maximum atomic E-state index is 7.23. The Bertz CT molecular complexity index is 8090. The number of hydrogen-bond acceptors (Lipinski definition) is 10. The number of hydrogen-bond donors (Lipinski definition) is 0. The van der Waals surface area contributed by atoms with Gasteiger partial charge in [-0.2, -0.15) is 0 Å². The van der Waals surface area contributed by atoms with Crippen molar-refractivity contribution in [2.45, 2.75) is 10.8 Å². The smallest absolute Gasteiger partial charge is 0.164 e. The summed E-state index contributed by atoms with van der Waals surface area (Å²) in [6.07, 6.45) is 0. The van der Waals surface area contributed by atoms with E-state index in [2.05, 4.69) is 334 Å². The van der Waals surface area contributed by atoms with Crippen LogP contribution in [0.5, 0.6) is 23.0 Å². The van der Waals surface area contributed by atoms with E-state index in [4.69, 9.17) is 49.3 Å². The first-order valence-electron chi connectivity index (χ1n) is 43.3. The van der Waals surface area contributed by atoms with Crippen LogP contribution in [0.3, 0.4) is 0 Å². The van der Waals surface area contributed by atoms with Crippen LogP contribution in [0, 0.1) is 0 Å². The van der Waals surface area contributed by atoms with Gasteiger partial charge in [0.05, 0.1) is 33.3 Å². The molecule has 0 bridgehead atoms. The number of pyridine rings is 2. The lowest BCUT2D eigenvalue weighted by atomic mass is 9.65. The highest BCUT2D eigenvalue weighted by Crippen LogP contribution is 2.66. The van der Waals surface area contributed by atoms with Gasteiger partial charge in [0, 0.05) is 99.1 Å². The second kappa shape index (κ2) is 29.9. The molecule has 0 saturated carbocycles. The fraction of sp³-hybridized carbons (Fsp3) is 0.0169. The van der Waals surface area contributed by atoms with Crippen LogP contribution in [-0.4, -0.2) is 39.9 Å². The van der Waals surface area contributed by atoms with Crippen LogP contribution in [0.15, 0.2) is 437 Å². The predicted molar refractivity (Wildman–Crippen MR) is 514 cm³/mol. The van der Waals surface area contributed by atoms with Gasteiger partial charge >= 0.3 is 0 Å². The Hall–Kier alpha value is -17.1. The average molecular weight is 1630 g/mol. The van der Waals surface area contributed by atoms with Crippen LogP contribution in [0.1, 0.15) is 44.5 Å². The molecule has 128 heavy (non-hydrogen) atoms. The van der Waals surface area contributed by atoms with Gasteiger partial charge in [0.2, 0.25) is 0 Å². The normalized spacial score (nSPS) is 12.9. The lowest BCUT2D eigenvalue weighted by Gasteiger charge is -2.40. The predicted octanol–water partition coefficient (Wildman–Crippen LogP) is 28.8. The van der Waals surface area contributed by atoms with E-state index < -0.39 is 10.8 Å². The first-order chi connectivity index (χ1) is 63.4. The van der Waals surface area contributed by atoms with Gasteiger partial charge in [0.1, 0.15) is 23.0 Å². The van der Waals surface area contributed by atoms with Crippen LogP contribution < -0.4 is 9.47 Å². The molecule has 0 N–H and O–H groups in total. The van der Waals surface area contributed by atoms with E-state index in [0.29, 0.717) is 34.9 Å². The molecule has 4 aromatic heterocycles. The third kappa shape index (κ3) is 11.7. The Balaban J connectivity index is 0.000000139. The van der Waals surface area contributed by atoms with Gasteiger partial charge in [-0.3, -0.25) is 0 Å². The quantitative estimate of drug-likeness (QED) is 0.122. The molecule has 22 aromatic rings. The van der Waals surface area contributed by atoms with Crippen LogP contribution in [0.4, 0.5) is 0 Å². The Morgan fingerprint density at radius 1 is 0.164 bits per heavy atom. The van der Waals surface area contributed by atoms with Crippen molar-refractivity contribution in [1.29, 1.82) is 0 Å². The summed E-state index contributed by atoms with van der Waals surface area (Å²) < 4.78 is 14.4.